The molecule has 0 aliphatic heterocycles. The Bertz CT molecular complexity index is 4040. The third-order valence-electron chi connectivity index (χ3n) is 16.3. The van der Waals surface area contributed by atoms with Gasteiger partial charge in [0.2, 0.25) is 0 Å². The maximum Gasteiger partial charge on any atom is 0.0714 e. The number of rotatable bonds is 9. The van der Waals surface area contributed by atoms with Crippen LogP contribution in [0.15, 0.2) is 285 Å². The van der Waals surface area contributed by atoms with Gasteiger partial charge in [-0.2, -0.15) is 0 Å². The summed E-state index contributed by atoms with van der Waals surface area (Å²) in [4.78, 5) is 2.45. The molecule has 0 N–H and O–H groups in total. The minimum absolute atomic E-state index is 0.208. The molecule has 14 rings (SSSR count). The third-order valence-corrected chi connectivity index (χ3v) is 16.3. The summed E-state index contributed by atoms with van der Waals surface area (Å²) in [6.45, 7) is 4.82. The Hall–Kier alpha value is -9.30. The lowest BCUT2D eigenvalue weighted by molar-refractivity contribution is 0.666. The smallest absolute Gasteiger partial charge is 0.0714 e. The SMILES string of the molecule is CC1(C)c2ccccc2-c2c(-c3ccc(N(c4ccc(-c5ccccc5)cc4)c4ccc5c(c4)C(c4ccccc4)(c4ccccc4)c4ccccc4-5)cc3)c(-c3ccc(-c4ccccc4)cc3)c3ccccc3c21. The molecule has 0 fully saturated rings. The summed E-state index contributed by atoms with van der Waals surface area (Å²) in [5.74, 6) is 0. The molecule has 1 heteroatoms. The molecule has 1 nitrogen and oxygen atoms in total. The van der Waals surface area contributed by atoms with Crippen molar-refractivity contribution < 1.29 is 0 Å². The molecule has 0 heterocycles. The molecule has 0 saturated heterocycles. The molecule has 12 aromatic carbocycles. The van der Waals surface area contributed by atoms with Crippen molar-refractivity contribution in [2.24, 2.45) is 0 Å². The topological polar surface area (TPSA) is 3.24 Å². The van der Waals surface area contributed by atoms with Crippen LogP contribution in [0.5, 0.6) is 0 Å². The summed E-state index contributed by atoms with van der Waals surface area (Å²) in [6.07, 6.45) is 0. The van der Waals surface area contributed by atoms with Crippen LogP contribution in [0.25, 0.3) is 77.5 Å². The molecular formula is C74H53N. The fourth-order valence-electron chi connectivity index (χ4n) is 13.0. The van der Waals surface area contributed by atoms with Crippen LogP contribution in [0.2, 0.25) is 0 Å². The molecule has 75 heavy (non-hydrogen) atoms. The van der Waals surface area contributed by atoms with E-state index in [0.717, 1.165) is 17.1 Å². The molecule has 2 aliphatic rings. The van der Waals surface area contributed by atoms with Gasteiger partial charge >= 0.3 is 0 Å². The molecule has 0 atom stereocenters. The molecule has 0 bridgehead atoms. The van der Waals surface area contributed by atoms with Gasteiger partial charge in [0.15, 0.2) is 0 Å². The first-order valence-electron chi connectivity index (χ1n) is 26.2. The van der Waals surface area contributed by atoms with E-state index in [1.807, 2.05) is 0 Å². The zero-order valence-electron chi connectivity index (χ0n) is 42.1. The summed E-state index contributed by atoms with van der Waals surface area (Å²) in [6, 6.07) is 106. The predicted molar refractivity (Wildman–Crippen MR) is 315 cm³/mol. The summed E-state index contributed by atoms with van der Waals surface area (Å²) >= 11 is 0. The zero-order valence-corrected chi connectivity index (χ0v) is 42.1. The van der Waals surface area contributed by atoms with Crippen molar-refractivity contribution in [2.45, 2.75) is 24.7 Å². The third kappa shape index (κ3) is 6.99. The van der Waals surface area contributed by atoms with E-state index in [9.17, 15) is 0 Å². The average Bonchev–Trinajstić information content (AvgIpc) is 4.06. The van der Waals surface area contributed by atoms with Crippen molar-refractivity contribution in [1.29, 1.82) is 0 Å². The van der Waals surface area contributed by atoms with E-state index in [1.54, 1.807) is 0 Å². The van der Waals surface area contributed by atoms with Gasteiger partial charge in [0.25, 0.3) is 0 Å². The lowest BCUT2D eigenvalue weighted by Crippen LogP contribution is -2.28. The Morgan fingerprint density at radius 2 is 0.667 bits per heavy atom. The van der Waals surface area contributed by atoms with Crippen molar-refractivity contribution >= 4 is 27.8 Å². The van der Waals surface area contributed by atoms with Crippen LogP contribution >= 0.6 is 0 Å². The lowest BCUT2D eigenvalue weighted by atomic mass is 9.67. The van der Waals surface area contributed by atoms with Crippen LogP contribution in [0.3, 0.4) is 0 Å². The van der Waals surface area contributed by atoms with E-state index in [4.69, 9.17) is 0 Å². The number of benzene rings is 12. The van der Waals surface area contributed by atoms with Crippen LogP contribution in [0.4, 0.5) is 17.1 Å². The second kappa shape index (κ2) is 17.7. The van der Waals surface area contributed by atoms with Gasteiger partial charge in [0.05, 0.1) is 5.41 Å². The van der Waals surface area contributed by atoms with Gasteiger partial charge in [-0.1, -0.05) is 263 Å². The highest BCUT2D eigenvalue weighted by molar-refractivity contribution is 6.14. The maximum absolute atomic E-state index is 2.47. The molecule has 354 valence electrons. The fourth-order valence-corrected chi connectivity index (χ4v) is 13.0. The summed E-state index contributed by atoms with van der Waals surface area (Å²) in [7, 11) is 0. The Morgan fingerprint density at radius 3 is 1.25 bits per heavy atom. The molecule has 0 spiro atoms. The van der Waals surface area contributed by atoms with E-state index >= 15 is 0 Å². The molecule has 2 aliphatic carbocycles. The van der Waals surface area contributed by atoms with E-state index in [-0.39, 0.29) is 5.41 Å². The number of anilines is 3. The van der Waals surface area contributed by atoms with Gasteiger partial charge in [0.1, 0.15) is 0 Å². The quantitative estimate of drug-likeness (QED) is 0.139. The largest absolute Gasteiger partial charge is 0.310 e. The van der Waals surface area contributed by atoms with E-state index in [1.165, 1.54) is 111 Å². The molecule has 0 unspecified atom stereocenters. The van der Waals surface area contributed by atoms with Crippen LogP contribution in [-0.2, 0) is 10.8 Å². The molecule has 0 aromatic heterocycles. The van der Waals surface area contributed by atoms with Gasteiger partial charge < -0.3 is 4.90 Å². The average molecular weight is 956 g/mol. The second-order valence-electron chi connectivity index (χ2n) is 20.7. The lowest BCUT2D eigenvalue weighted by Gasteiger charge is -2.35. The maximum atomic E-state index is 2.47. The van der Waals surface area contributed by atoms with Gasteiger partial charge in [-0.3, -0.25) is 0 Å². The highest BCUT2D eigenvalue weighted by atomic mass is 15.1. The zero-order chi connectivity index (χ0) is 50.1. The van der Waals surface area contributed by atoms with Crippen molar-refractivity contribution in [1.82, 2.24) is 0 Å². The van der Waals surface area contributed by atoms with E-state index in [2.05, 4.69) is 304 Å². The Labute approximate surface area is 440 Å². The van der Waals surface area contributed by atoms with Gasteiger partial charge in [-0.15, -0.1) is 0 Å². The van der Waals surface area contributed by atoms with Crippen molar-refractivity contribution in [3.05, 3.63) is 318 Å². The predicted octanol–water partition coefficient (Wildman–Crippen LogP) is 19.6. The van der Waals surface area contributed by atoms with Gasteiger partial charge in [-0.25, -0.2) is 0 Å². The van der Waals surface area contributed by atoms with Crippen LogP contribution < -0.4 is 4.90 Å². The number of fused-ring (bicyclic) bond motifs is 8. The Morgan fingerprint density at radius 1 is 0.267 bits per heavy atom. The monoisotopic (exact) mass is 955 g/mol. The van der Waals surface area contributed by atoms with E-state index < -0.39 is 5.41 Å². The van der Waals surface area contributed by atoms with Gasteiger partial charge in [0, 0.05) is 22.5 Å². The van der Waals surface area contributed by atoms with Gasteiger partial charge in [-0.05, 0) is 147 Å². The fraction of sp³-hybridized carbons (Fsp3) is 0.0541. The minimum Gasteiger partial charge on any atom is -0.310 e. The van der Waals surface area contributed by atoms with Crippen molar-refractivity contribution in [2.75, 3.05) is 4.90 Å². The number of hydrogen-bond acceptors (Lipinski definition) is 1. The standard InChI is InChI=1S/C74H53N/c1-73(2)66-33-19-18-32-65(66)71-70(69(63-30-15-16-31-64(63)72(71)73)54-37-35-52(36-38-54)50-21-7-3-8-22-50)55-41-45-59(46-42-55)75(58-43-39-53(40-44-58)51-23-9-4-10-24-51)60-47-48-62-61-29-17-20-34-67(61)74(68(62)49-60,56-25-11-5-12-26-56)57-27-13-6-14-28-57/h3-49H,1-2H3. The Kier molecular flexibility index (Phi) is 10.5. The molecule has 12 aromatic rings. The van der Waals surface area contributed by atoms with Crippen LogP contribution in [0, 0.1) is 0 Å². The normalized spacial score (nSPS) is 13.4. The second-order valence-corrected chi connectivity index (χ2v) is 20.7. The highest BCUT2D eigenvalue weighted by Gasteiger charge is 2.46. The summed E-state index contributed by atoms with van der Waals surface area (Å²) in [5, 5.41) is 2.57. The van der Waals surface area contributed by atoms with Crippen LogP contribution in [-0.4, -0.2) is 0 Å². The first-order valence-corrected chi connectivity index (χ1v) is 26.2. The van der Waals surface area contributed by atoms with Crippen molar-refractivity contribution in [3.8, 4) is 66.8 Å². The first-order chi connectivity index (χ1) is 37.0. The minimum atomic E-state index is -0.534. The van der Waals surface area contributed by atoms with Crippen LogP contribution in [0.1, 0.15) is 47.2 Å². The Balaban J connectivity index is 0.988. The number of nitrogens with zero attached hydrogens (tertiary/aromatic N) is 1. The van der Waals surface area contributed by atoms with Crippen molar-refractivity contribution in [3.63, 3.8) is 0 Å². The van der Waals surface area contributed by atoms with E-state index in [0.29, 0.717) is 0 Å². The molecular weight excluding hydrogens is 903 g/mol. The first kappa shape index (κ1) is 44.4. The number of hydrogen-bond donors (Lipinski definition) is 0. The molecule has 0 radical (unpaired) electrons. The molecule has 0 saturated carbocycles. The summed E-state index contributed by atoms with van der Waals surface area (Å²) < 4.78 is 0. The molecule has 0 amide bonds. The highest BCUT2D eigenvalue weighted by Crippen LogP contribution is 2.60. The summed E-state index contributed by atoms with van der Waals surface area (Å²) in [5.41, 5.74) is 25.2.